The van der Waals surface area contributed by atoms with Crippen LogP contribution in [-0.4, -0.2) is 37.9 Å². The van der Waals surface area contributed by atoms with Gasteiger partial charge in [-0.1, -0.05) is 244 Å². The lowest BCUT2D eigenvalue weighted by Crippen LogP contribution is -2.30. The van der Waals surface area contributed by atoms with Crippen molar-refractivity contribution in [3.05, 3.63) is 146 Å². The first-order valence-electron chi connectivity index (χ1n) is 29.4. The second kappa shape index (κ2) is 61.1. The van der Waals surface area contributed by atoms with Gasteiger partial charge in [0.2, 0.25) is 0 Å². The molecule has 0 fully saturated rings. The highest BCUT2D eigenvalue weighted by Crippen LogP contribution is 2.13. The largest absolute Gasteiger partial charge is 0.462 e. The van der Waals surface area contributed by atoms with Crippen LogP contribution in [0.25, 0.3) is 0 Å². The molecule has 406 valence electrons. The van der Waals surface area contributed by atoms with Crippen LogP contribution in [0.5, 0.6) is 0 Å². The molecule has 72 heavy (non-hydrogen) atoms. The first-order chi connectivity index (χ1) is 35.6. The Morgan fingerprint density at radius 2 is 0.653 bits per heavy atom. The zero-order valence-electron chi connectivity index (χ0n) is 46.6. The van der Waals surface area contributed by atoms with E-state index in [0.29, 0.717) is 25.9 Å². The van der Waals surface area contributed by atoms with Crippen molar-refractivity contribution in [1.82, 2.24) is 0 Å². The molecule has 0 spiro atoms. The number of carbonyl (C=O) groups excluding carboxylic acids is 2. The van der Waals surface area contributed by atoms with Gasteiger partial charge in [0.15, 0.2) is 6.10 Å². The van der Waals surface area contributed by atoms with Crippen LogP contribution in [-0.2, 0) is 23.8 Å². The first-order valence-corrected chi connectivity index (χ1v) is 29.4. The second-order valence-electron chi connectivity index (χ2n) is 18.8. The minimum absolute atomic E-state index is 0.0272. The Labute approximate surface area is 444 Å². The van der Waals surface area contributed by atoms with E-state index < -0.39 is 6.10 Å². The summed E-state index contributed by atoms with van der Waals surface area (Å²) in [5.74, 6) is -0.520. The number of allylic oxidation sites excluding steroid dienone is 24. The average molecular weight is 994 g/mol. The van der Waals surface area contributed by atoms with Crippen molar-refractivity contribution in [3.63, 3.8) is 0 Å². The molecule has 0 radical (unpaired) electrons. The third kappa shape index (κ3) is 58.4. The summed E-state index contributed by atoms with van der Waals surface area (Å²) in [5, 5.41) is 0. The summed E-state index contributed by atoms with van der Waals surface area (Å²) in [5.41, 5.74) is 0. The predicted molar refractivity (Wildman–Crippen MR) is 315 cm³/mol. The maximum absolute atomic E-state index is 12.9. The number of ether oxygens (including phenoxy) is 3. The third-order valence-electron chi connectivity index (χ3n) is 11.9. The van der Waals surface area contributed by atoms with Gasteiger partial charge in [-0.2, -0.15) is 0 Å². The summed E-state index contributed by atoms with van der Waals surface area (Å²) >= 11 is 0. The highest BCUT2D eigenvalue weighted by molar-refractivity contribution is 5.70. The Bertz CT molecular complexity index is 1540. The lowest BCUT2D eigenvalue weighted by Gasteiger charge is -2.18. The highest BCUT2D eigenvalue weighted by Gasteiger charge is 2.17. The second-order valence-corrected chi connectivity index (χ2v) is 18.8. The fourth-order valence-corrected chi connectivity index (χ4v) is 7.56. The molecule has 0 aromatic rings. The molecule has 0 heterocycles. The van der Waals surface area contributed by atoms with E-state index in [0.717, 1.165) is 109 Å². The van der Waals surface area contributed by atoms with Crippen molar-refractivity contribution in [1.29, 1.82) is 0 Å². The van der Waals surface area contributed by atoms with Crippen molar-refractivity contribution in [2.75, 3.05) is 19.8 Å². The molecule has 0 aliphatic carbocycles. The SMILES string of the molecule is CC/C=C\C/C=C\C/C=C\C/C=C\C/C=C\C/C=C\CCC(=O)OCC(COCCCCCCCCCC/C=C\C/C=C\C/C=C\CC)OC(=O)CCCCCCCC/C=C\C/C=C\C/C=C\CCCCC. The van der Waals surface area contributed by atoms with Crippen molar-refractivity contribution in [3.8, 4) is 0 Å². The van der Waals surface area contributed by atoms with Crippen LogP contribution in [0.1, 0.15) is 239 Å². The smallest absolute Gasteiger partial charge is 0.306 e. The van der Waals surface area contributed by atoms with Gasteiger partial charge in [0, 0.05) is 19.4 Å². The van der Waals surface area contributed by atoms with E-state index in [2.05, 4.69) is 161 Å². The molecule has 0 aliphatic heterocycles. The normalized spacial score (nSPS) is 13.3. The molecule has 0 amide bonds. The van der Waals surface area contributed by atoms with Gasteiger partial charge in [0.1, 0.15) is 6.61 Å². The van der Waals surface area contributed by atoms with Crippen LogP contribution in [0.3, 0.4) is 0 Å². The fourth-order valence-electron chi connectivity index (χ4n) is 7.56. The van der Waals surface area contributed by atoms with Crippen molar-refractivity contribution in [2.45, 2.75) is 245 Å². The minimum Gasteiger partial charge on any atom is -0.462 e. The lowest BCUT2D eigenvalue weighted by atomic mass is 10.1. The molecule has 0 saturated heterocycles. The van der Waals surface area contributed by atoms with E-state index in [1.165, 1.54) is 89.9 Å². The van der Waals surface area contributed by atoms with Crippen molar-refractivity contribution < 1.29 is 23.8 Å². The zero-order chi connectivity index (χ0) is 52.0. The topological polar surface area (TPSA) is 61.8 Å². The van der Waals surface area contributed by atoms with Gasteiger partial charge in [-0.05, 0) is 128 Å². The van der Waals surface area contributed by atoms with E-state index in [-0.39, 0.29) is 25.2 Å². The van der Waals surface area contributed by atoms with E-state index >= 15 is 0 Å². The summed E-state index contributed by atoms with van der Waals surface area (Å²) in [7, 11) is 0. The first kappa shape index (κ1) is 67.8. The maximum Gasteiger partial charge on any atom is 0.306 e. The molecule has 1 unspecified atom stereocenters. The fraction of sp³-hybridized carbons (Fsp3) is 0.612. The monoisotopic (exact) mass is 993 g/mol. The van der Waals surface area contributed by atoms with Gasteiger partial charge < -0.3 is 14.2 Å². The van der Waals surface area contributed by atoms with Crippen LogP contribution in [0.4, 0.5) is 0 Å². The van der Waals surface area contributed by atoms with Gasteiger partial charge in [-0.3, -0.25) is 9.59 Å². The Kier molecular flexibility index (Phi) is 57.5. The van der Waals surface area contributed by atoms with Crippen LogP contribution >= 0.6 is 0 Å². The quantitative estimate of drug-likeness (QED) is 0.0345. The molecule has 0 N–H and O–H groups in total. The van der Waals surface area contributed by atoms with Crippen molar-refractivity contribution >= 4 is 11.9 Å². The maximum atomic E-state index is 12.9. The van der Waals surface area contributed by atoms with Gasteiger partial charge >= 0.3 is 11.9 Å². The van der Waals surface area contributed by atoms with E-state index in [4.69, 9.17) is 14.2 Å². The predicted octanol–water partition coefficient (Wildman–Crippen LogP) is 20.5. The summed E-state index contributed by atoms with van der Waals surface area (Å²) in [6.45, 7) is 7.46. The molecular formula is C67H108O5. The van der Waals surface area contributed by atoms with Gasteiger partial charge in [-0.25, -0.2) is 0 Å². The van der Waals surface area contributed by atoms with E-state index in [9.17, 15) is 9.59 Å². The Hall–Kier alpha value is -4.22. The summed E-state index contributed by atoms with van der Waals surface area (Å²) < 4.78 is 17.4. The summed E-state index contributed by atoms with van der Waals surface area (Å²) in [6, 6.07) is 0. The Morgan fingerprint density at radius 1 is 0.319 bits per heavy atom. The Balaban J connectivity index is 4.47. The lowest BCUT2D eigenvalue weighted by molar-refractivity contribution is -0.162. The number of carbonyl (C=O) groups is 2. The molecule has 0 aromatic heterocycles. The molecule has 1 atom stereocenters. The van der Waals surface area contributed by atoms with Crippen molar-refractivity contribution in [2.24, 2.45) is 0 Å². The molecular weight excluding hydrogens is 885 g/mol. The molecule has 0 saturated carbocycles. The van der Waals surface area contributed by atoms with Crippen LogP contribution in [0, 0.1) is 0 Å². The van der Waals surface area contributed by atoms with E-state index in [1.54, 1.807) is 0 Å². The minimum atomic E-state index is -0.590. The zero-order valence-corrected chi connectivity index (χ0v) is 46.6. The molecule has 5 heteroatoms. The van der Waals surface area contributed by atoms with Crippen LogP contribution in [0.15, 0.2) is 146 Å². The Morgan fingerprint density at radius 3 is 1.06 bits per heavy atom. The average Bonchev–Trinajstić information content (AvgIpc) is 3.38. The number of hydrogen-bond acceptors (Lipinski definition) is 5. The van der Waals surface area contributed by atoms with Gasteiger partial charge in [-0.15, -0.1) is 0 Å². The third-order valence-corrected chi connectivity index (χ3v) is 11.9. The van der Waals surface area contributed by atoms with E-state index in [1.807, 2.05) is 6.08 Å². The van der Waals surface area contributed by atoms with Crippen LogP contribution in [0.2, 0.25) is 0 Å². The molecule has 0 aromatic carbocycles. The van der Waals surface area contributed by atoms with Gasteiger partial charge in [0.25, 0.3) is 0 Å². The summed E-state index contributed by atoms with van der Waals surface area (Å²) in [6.07, 6.45) is 88.8. The molecule has 0 aliphatic rings. The van der Waals surface area contributed by atoms with Gasteiger partial charge in [0.05, 0.1) is 6.61 Å². The van der Waals surface area contributed by atoms with Crippen LogP contribution < -0.4 is 0 Å². The standard InChI is InChI=1S/C67H108O5/c1-4-7-10-13-16-19-22-25-28-31-34-36-39-42-45-48-51-54-57-60-66(68)71-64-65(63-70-62-59-56-53-50-47-44-41-38-33-30-27-24-21-18-15-12-9-6-3)72-67(69)61-58-55-52-49-46-43-40-37-35-32-29-26-23-20-17-14-11-8-5-2/h7,9-10,12,16-21,25-30,34-37,42,45,51,54,65H,4-6,8,11,13-15,22-24,31-33,38-41,43-44,46-50,52-53,55-64H2,1-3H3/b10-7-,12-9-,19-16-,20-17-,21-18-,28-25-,29-26-,30-27-,36-34-,37-35-,45-42-,54-51-. The molecule has 0 rings (SSSR count). The molecule has 5 nitrogen and oxygen atoms in total. The highest BCUT2D eigenvalue weighted by atomic mass is 16.6. The number of rotatable bonds is 52. The summed E-state index contributed by atoms with van der Waals surface area (Å²) in [4.78, 5) is 25.5. The number of hydrogen-bond donors (Lipinski definition) is 0. The molecule has 0 bridgehead atoms. The number of unbranched alkanes of at least 4 members (excludes halogenated alkanes) is 17. The number of esters is 2.